The third-order valence-electron chi connectivity index (χ3n) is 2.54. The maximum atomic E-state index is 10.9. The molecule has 1 heterocycles. The molecule has 0 radical (unpaired) electrons. The van der Waals surface area contributed by atoms with E-state index in [9.17, 15) is 4.79 Å². The van der Waals surface area contributed by atoms with E-state index in [-0.39, 0.29) is 5.91 Å². The van der Waals surface area contributed by atoms with Crippen molar-refractivity contribution in [2.75, 3.05) is 17.2 Å². The number of carbonyl (C=O) groups excluding carboxylic acids is 1. The van der Waals surface area contributed by atoms with Gasteiger partial charge in [-0.15, -0.1) is 0 Å². The molecule has 1 aromatic heterocycles. The molecule has 5 heteroatoms. The van der Waals surface area contributed by atoms with Crippen molar-refractivity contribution in [1.82, 2.24) is 9.97 Å². The van der Waals surface area contributed by atoms with Crippen LogP contribution in [0.15, 0.2) is 42.7 Å². The van der Waals surface area contributed by atoms with Gasteiger partial charge in [-0.05, 0) is 30.2 Å². The number of hydrogen-bond donors (Lipinski definition) is 2. The third kappa shape index (κ3) is 4.39. The van der Waals surface area contributed by atoms with Crippen molar-refractivity contribution >= 4 is 17.5 Å². The molecule has 0 saturated carbocycles. The summed E-state index contributed by atoms with van der Waals surface area (Å²) in [5, 5.41) is 5.89. The molecule has 0 saturated heterocycles. The lowest BCUT2D eigenvalue weighted by Crippen LogP contribution is -2.08. The molecule has 0 aliphatic carbocycles. The van der Waals surface area contributed by atoms with Crippen LogP contribution in [-0.2, 0) is 11.2 Å². The Bertz CT molecular complexity index is 525. The van der Waals surface area contributed by atoms with Crippen LogP contribution in [0.1, 0.15) is 12.5 Å². The van der Waals surface area contributed by atoms with Crippen molar-refractivity contribution in [3.05, 3.63) is 48.3 Å². The minimum Gasteiger partial charge on any atom is -0.354 e. The number of carbonyl (C=O) groups is 1. The number of nitrogens with one attached hydrogen (secondary N) is 2. The van der Waals surface area contributed by atoms with Crippen LogP contribution in [0.5, 0.6) is 0 Å². The van der Waals surface area contributed by atoms with E-state index in [1.165, 1.54) is 12.5 Å². The summed E-state index contributed by atoms with van der Waals surface area (Å²) in [6, 6.07) is 9.58. The van der Waals surface area contributed by atoms with E-state index in [0.717, 1.165) is 18.7 Å². The minimum atomic E-state index is -0.0596. The van der Waals surface area contributed by atoms with E-state index in [2.05, 4.69) is 20.6 Å². The molecule has 2 aromatic rings. The van der Waals surface area contributed by atoms with E-state index in [1.807, 2.05) is 24.3 Å². The number of amides is 1. The molecule has 0 aliphatic heterocycles. The average molecular weight is 256 g/mol. The van der Waals surface area contributed by atoms with Crippen LogP contribution in [0.2, 0.25) is 0 Å². The first-order valence-corrected chi connectivity index (χ1v) is 6.11. The second-order valence-corrected chi connectivity index (χ2v) is 4.13. The van der Waals surface area contributed by atoms with Crippen molar-refractivity contribution in [3.63, 3.8) is 0 Å². The number of anilines is 2. The van der Waals surface area contributed by atoms with Crippen molar-refractivity contribution in [2.24, 2.45) is 0 Å². The van der Waals surface area contributed by atoms with Gasteiger partial charge in [0.15, 0.2) is 0 Å². The van der Waals surface area contributed by atoms with E-state index in [4.69, 9.17) is 0 Å². The van der Waals surface area contributed by atoms with Gasteiger partial charge < -0.3 is 10.6 Å². The van der Waals surface area contributed by atoms with Crippen molar-refractivity contribution in [3.8, 4) is 0 Å². The summed E-state index contributed by atoms with van der Waals surface area (Å²) >= 11 is 0. The maximum Gasteiger partial charge on any atom is 0.222 e. The summed E-state index contributed by atoms with van der Waals surface area (Å²) in [4.78, 5) is 19.1. The van der Waals surface area contributed by atoms with E-state index in [1.54, 1.807) is 18.5 Å². The molecule has 19 heavy (non-hydrogen) atoms. The molecule has 0 aliphatic rings. The van der Waals surface area contributed by atoms with Gasteiger partial charge in [0.05, 0.1) is 0 Å². The van der Waals surface area contributed by atoms with Crippen LogP contribution < -0.4 is 10.6 Å². The Morgan fingerprint density at radius 1 is 1.16 bits per heavy atom. The van der Waals surface area contributed by atoms with Crippen molar-refractivity contribution in [1.29, 1.82) is 0 Å². The summed E-state index contributed by atoms with van der Waals surface area (Å²) in [5.74, 6) is 0.577. The topological polar surface area (TPSA) is 66.9 Å². The van der Waals surface area contributed by atoms with Gasteiger partial charge in [-0.1, -0.05) is 12.1 Å². The molecule has 98 valence electrons. The largest absolute Gasteiger partial charge is 0.354 e. The quantitative estimate of drug-likeness (QED) is 0.859. The average Bonchev–Trinajstić information content (AvgIpc) is 2.41. The van der Waals surface area contributed by atoms with E-state index in [0.29, 0.717) is 5.95 Å². The number of aromatic nitrogens is 2. The highest BCUT2D eigenvalue weighted by Gasteiger charge is 1.97. The zero-order chi connectivity index (χ0) is 13.5. The Morgan fingerprint density at radius 2 is 1.84 bits per heavy atom. The van der Waals surface area contributed by atoms with Crippen LogP contribution in [0.25, 0.3) is 0 Å². The molecule has 2 N–H and O–H groups in total. The molecule has 0 bridgehead atoms. The molecule has 0 fully saturated rings. The van der Waals surface area contributed by atoms with Crippen LogP contribution >= 0.6 is 0 Å². The van der Waals surface area contributed by atoms with Gasteiger partial charge in [-0.2, -0.15) is 0 Å². The molecule has 1 amide bonds. The minimum absolute atomic E-state index is 0.0596. The second kappa shape index (κ2) is 6.49. The van der Waals surface area contributed by atoms with E-state index < -0.39 is 0 Å². The molecule has 0 atom stereocenters. The molecular weight excluding hydrogens is 240 g/mol. The van der Waals surface area contributed by atoms with Gasteiger partial charge in [0.25, 0.3) is 0 Å². The number of benzene rings is 1. The van der Waals surface area contributed by atoms with Crippen molar-refractivity contribution in [2.45, 2.75) is 13.3 Å². The lowest BCUT2D eigenvalue weighted by molar-refractivity contribution is -0.114. The fourth-order valence-electron chi connectivity index (χ4n) is 1.67. The van der Waals surface area contributed by atoms with E-state index >= 15 is 0 Å². The first-order chi connectivity index (χ1) is 9.24. The lowest BCUT2D eigenvalue weighted by atomic mass is 10.1. The first-order valence-electron chi connectivity index (χ1n) is 6.11. The molecule has 1 aromatic carbocycles. The maximum absolute atomic E-state index is 10.9. The third-order valence-corrected chi connectivity index (χ3v) is 2.54. The van der Waals surface area contributed by atoms with Crippen LogP contribution in [0.3, 0.4) is 0 Å². The highest BCUT2D eigenvalue weighted by atomic mass is 16.1. The zero-order valence-electron chi connectivity index (χ0n) is 10.8. The Morgan fingerprint density at radius 3 is 2.47 bits per heavy atom. The van der Waals surface area contributed by atoms with Crippen LogP contribution in [-0.4, -0.2) is 22.4 Å². The highest BCUT2D eigenvalue weighted by Crippen LogP contribution is 2.10. The number of nitrogens with zero attached hydrogens (tertiary/aromatic N) is 2. The Labute approximate surface area is 112 Å². The van der Waals surface area contributed by atoms with Gasteiger partial charge in [-0.3, -0.25) is 4.79 Å². The summed E-state index contributed by atoms with van der Waals surface area (Å²) in [7, 11) is 0. The smallest absolute Gasteiger partial charge is 0.222 e. The molecule has 0 spiro atoms. The van der Waals surface area contributed by atoms with Gasteiger partial charge in [0, 0.05) is 31.5 Å². The van der Waals surface area contributed by atoms with Crippen LogP contribution in [0.4, 0.5) is 11.6 Å². The first kappa shape index (κ1) is 13.0. The Kier molecular flexibility index (Phi) is 4.44. The number of hydrogen-bond acceptors (Lipinski definition) is 4. The standard InChI is InChI=1S/C14H16N4O/c1-11(19)18-13-5-3-12(4-6-13)7-10-17-14-15-8-2-9-16-14/h2-6,8-9H,7,10H2,1H3,(H,18,19)(H,15,16,17). The predicted octanol–water partition coefficient (Wildman–Crippen LogP) is 2.09. The van der Waals surface area contributed by atoms with Gasteiger partial charge >= 0.3 is 0 Å². The lowest BCUT2D eigenvalue weighted by Gasteiger charge is -2.06. The normalized spacial score (nSPS) is 9.95. The highest BCUT2D eigenvalue weighted by molar-refractivity contribution is 5.88. The fraction of sp³-hybridized carbons (Fsp3) is 0.214. The summed E-state index contributed by atoms with van der Waals surface area (Å²) in [5.41, 5.74) is 2.01. The second-order valence-electron chi connectivity index (χ2n) is 4.13. The fourth-order valence-corrected chi connectivity index (χ4v) is 1.67. The Hall–Kier alpha value is -2.43. The zero-order valence-corrected chi connectivity index (χ0v) is 10.8. The van der Waals surface area contributed by atoms with Gasteiger partial charge in [-0.25, -0.2) is 9.97 Å². The number of rotatable bonds is 5. The van der Waals surface area contributed by atoms with Gasteiger partial charge in [0.1, 0.15) is 0 Å². The summed E-state index contributed by atoms with van der Waals surface area (Å²) < 4.78 is 0. The molecular formula is C14H16N4O. The SMILES string of the molecule is CC(=O)Nc1ccc(CCNc2ncccn2)cc1. The summed E-state index contributed by atoms with van der Waals surface area (Å²) in [6.45, 7) is 2.27. The van der Waals surface area contributed by atoms with Gasteiger partial charge in [0.2, 0.25) is 11.9 Å². The van der Waals surface area contributed by atoms with Crippen molar-refractivity contribution < 1.29 is 4.79 Å². The Balaban J connectivity index is 1.81. The predicted molar refractivity (Wildman–Crippen MR) is 75.0 cm³/mol. The summed E-state index contributed by atoms with van der Waals surface area (Å²) in [6.07, 6.45) is 4.29. The molecule has 2 rings (SSSR count). The monoisotopic (exact) mass is 256 g/mol. The van der Waals surface area contributed by atoms with Crippen LogP contribution in [0, 0.1) is 0 Å². The molecule has 0 unspecified atom stereocenters. The molecule has 5 nitrogen and oxygen atoms in total.